The van der Waals surface area contributed by atoms with Crippen molar-refractivity contribution in [1.82, 2.24) is 4.90 Å². The first-order valence-corrected chi connectivity index (χ1v) is 7.41. The summed E-state index contributed by atoms with van der Waals surface area (Å²) in [6.07, 6.45) is 0.485. The number of nitrogens with zero attached hydrogens (tertiary/aromatic N) is 1. The summed E-state index contributed by atoms with van der Waals surface area (Å²) < 4.78 is 0. The standard InChI is InChI=1S/C18H14N2O4/c21-11-19-15-8-4-3-7-14(15)16(22)9-10-20-17(23)12-5-1-2-6-13(12)18(20)24/h1-8,11H,9-10H2,(H,19,21). The smallest absolute Gasteiger partial charge is 0.261 e. The third kappa shape index (κ3) is 2.69. The van der Waals surface area contributed by atoms with Gasteiger partial charge in [-0.05, 0) is 24.3 Å². The average molecular weight is 322 g/mol. The molecule has 0 aromatic heterocycles. The van der Waals surface area contributed by atoms with Crippen LogP contribution in [0.1, 0.15) is 37.5 Å². The number of nitrogens with one attached hydrogen (secondary N) is 1. The van der Waals surface area contributed by atoms with Crippen molar-refractivity contribution in [3.8, 4) is 0 Å². The highest BCUT2D eigenvalue weighted by molar-refractivity contribution is 6.21. The molecule has 120 valence electrons. The summed E-state index contributed by atoms with van der Waals surface area (Å²) in [6, 6.07) is 13.2. The highest BCUT2D eigenvalue weighted by Gasteiger charge is 2.35. The fourth-order valence-corrected chi connectivity index (χ4v) is 2.71. The van der Waals surface area contributed by atoms with Gasteiger partial charge in [0.1, 0.15) is 0 Å². The number of ketones is 1. The van der Waals surface area contributed by atoms with E-state index in [1.165, 1.54) is 0 Å². The number of amides is 3. The number of Topliss-reactive ketones (excluding diaryl/α,β-unsaturated/α-hetero) is 1. The van der Waals surface area contributed by atoms with E-state index >= 15 is 0 Å². The van der Waals surface area contributed by atoms with E-state index in [2.05, 4.69) is 5.32 Å². The molecule has 2 aromatic carbocycles. The Morgan fingerprint density at radius 1 is 0.958 bits per heavy atom. The summed E-state index contributed by atoms with van der Waals surface area (Å²) in [7, 11) is 0. The summed E-state index contributed by atoms with van der Waals surface area (Å²) in [5.41, 5.74) is 1.47. The first kappa shape index (κ1) is 15.6. The molecule has 24 heavy (non-hydrogen) atoms. The molecule has 0 saturated carbocycles. The van der Waals surface area contributed by atoms with Gasteiger partial charge in [-0.2, -0.15) is 0 Å². The Labute approximate surface area is 138 Å². The van der Waals surface area contributed by atoms with Gasteiger partial charge in [-0.25, -0.2) is 0 Å². The van der Waals surface area contributed by atoms with Crippen molar-refractivity contribution in [2.75, 3.05) is 11.9 Å². The molecule has 6 nitrogen and oxygen atoms in total. The molecule has 1 aliphatic rings. The number of anilines is 1. The predicted octanol–water partition coefficient (Wildman–Crippen LogP) is 2.12. The van der Waals surface area contributed by atoms with E-state index in [4.69, 9.17) is 0 Å². The number of hydrogen-bond acceptors (Lipinski definition) is 4. The van der Waals surface area contributed by atoms with Crippen LogP contribution < -0.4 is 5.32 Å². The van der Waals surface area contributed by atoms with Gasteiger partial charge in [-0.3, -0.25) is 24.1 Å². The van der Waals surface area contributed by atoms with Crippen LogP contribution in [0.15, 0.2) is 48.5 Å². The van der Waals surface area contributed by atoms with Crippen LogP contribution in [0.4, 0.5) is 5.69 Å². The number of carbonyl (C=O) groups is 4. The van der Waals surface area contributed by atoms with E-state index in [1.54, 1.807) is 48.5 Å². The Bertz CT molecular complexity index is 809. The summed E-state index contributed by atoms with van der Waals surface area (Å²) in [4.78, 5) is 48.6. The zero-order valence-corrected chi connectivity index (χ0v) is 12.7. The first-order chi connectivity index (χ1) is 11.6. The van der Waals surface area contributed by atoms with E-state index in [9.17, 15) is 19.2 Å². The fourth-order valence-electron chi connectivity index (χ4n) is 2.71. The highest BCUT2D eigenvalue weighted by atomic mass is 16.2. The summed E-state index contributed by atoms with van der Waals surface area (Å²) in [6.45, 7) is 0.000599. The molecular formula is C18H14N2O4. The lowest BCUT2D eigenvalue weighted by molar-refractivity contribution is -0.105. The van der Waals surface area contributed by atoms with Gasteiger partial charge >= 0.3 is 0 Å². The maximum atomic E-state index is 12.4. The maximum absolute atomic E-state index is 12.4. The second-order valence-corrected chi connectivity index (χ2v) is 5.29. The normalized spacial score (nSPS) is 12.9. The number of carbonyl (C=O) groups excluding carboxylic acids is 4. The van der Waals surface area contributed by atoms with Crippen molar-refractivity contribution in [3.63, 3.8) is 0 Å². The monoisotopic (exact) mass is 322 g/mol. The molecule has 0 unspecified atom stereocenters. The molecule has 1 N–H and O–H groups in total. The van der Waals surface area contributed by atoms with Crippen molar-refractivity contribution in [1.29, 1.82) is 0 Å². The van der Waals surface area contributed by atoms with Gasteiger partial charge in [-0.15, -0.1) is 0 Å². The molecule has 0 saturated heterocycles. The molecule has 0 bridgehead atoms. The molecule has 0 spiro atoms. The molecule has 1 aliphatic heterocycles. The lowest BCUT2D eigenvalue weighted by Gasteiger charge is -2.14. The second-order valence-electron chi connectivity index (χ2n) is 5.29. The lowest BCUT2D eigenvalue weighted by Crippen LogP contribution is -2.32. The molecule has 1 heterocycles. The Morgan fingerprint density at radius 2 is 1.54 bits per heavy atom. The number of imide groups is 1. The quantitative estimate of drug-likeness (QED) is 0.502. The van der Waals surface area contributed by atoms with Crippen LogP contribution in [-0.2, 0) is 4.79 Å². The van der Waals surface area contributed by atoms with Crippen LogP contribution in [0.5, 0.6) is 0 Å². The zero-order valence-electron chi connectivity index (χ0n) is 12.7. The molecule has 3 amide bonds. The zero-order chi connectivity index (χ0) is 17.1. The van der Waals surface area contributed by atoms with Crippen LogP contribution >= 0.6 is 0 Å². The van der Waals surface area contributed by atoms with Gasteiger partial charge in [0.25, 0.3) is 11.8 Å². The molecule has 0 aliphatic carbocycles. The predicted molar refractivity (Wildman–Crippen MR) is 86.9 cm³/mol. The SMILES string of the molecule is O=CNc1ccccc1C(=O)CCN1C(=O)c2ccccc2C1=O. The van der Waals surface area contributed by atoms with E-state index in [0.717, 1.165) is 4.90 Å². The second kappa shape index (κ2) is 6.45. The van der Waals surface area contributed by atoms with Crippen LogP contribution in [0, 0.1) is 0 Å². The van der Waals surface area contributed by atoms with Crippen molar-refractivity contribution in [2.45, 2.75) is 6.42 Å². The summed E-state index contributed by atoms with van der Waals surface area (Å²) >= 11 is 0. The Morgan fingerprint density at radius 3 is 2.17 bits per heavy atom. The van der Waals surface area contributed by atoms with Crippen molar-refractivity contribution >= 4 is 29.7 Å². The van der Waals surface area contributed by atoms with Gasteiger partial charge in [0.05, 0.1) is 16.8 Å². The molecule has 0 radical (unpaired) electrons. The van der Waals surface area contributed by atoms with Gasteiger partial charge in [0.2, 0.25) is 6.41 Å². The van der Waals surface area contributed by atoms with Crippen LogP contribution in [0.3, 0.4) is 0 Å². The van der Waals surface area contributed by atoms with Crippen LogP contribution in [0.2, 0.25) is 0 Å². The molecule has 0 atom stereocenters. The van der Waals surface area contributed by atoms with Gasteiger partial charge in [0.15, 0.2) is 5.78 Å². The number of para-hydroxylation sites is 1. The average Bonchev–Trinajstić information content (AvgIpc) is 2.85. The minimum atomic E-state index is -0.386. The Hall–Kier alpha value is -3.28. The third-order valence-corrected chi connectivity index (χ3v) is 3.88. The van der Waals surface area contributed by atoms with Crippen molar-refractivity contribution in [3.05, 3.63) is 65.2 Å². The van der Waals surface area contributed by atoms with Gasteiger partial charge in [-0.1, -0.05) is 24.3 Å². The maximum Gasteiger partial charge on any atom is 0.261 e. The Balaban J connectivity index is 1.73. The minimum absolute atomic E-state index is 0.000599. The molecule has 2 aromatic rings. The highest BCUT2D eigenvalue weighted by Crippen LogP contribution is 2.23. The third-order valence-electron chi connectivity index (χ3n) is 3.88. The first-order valence-electron chi connectivity index (χ1n) is 7.41. The van der Waals surface area contributed by atoms with E-state index in [-0.39, 0.29) is 30.6 Å². The number of rotatable bonds is 6. The topological polar surface area (TPSA) is 83.6 Å². The van der Waals surface area contributed by atoms with Crippen molar-refractivity contribution < 1.29 is 19.2 Å². The van der Waals surface area contributed by atoms with Gasteiger partial charge in [0, 0.05) is 18.5 Å². The van der Waals surface area contributed by atoms with E-state index in [1.807, 2.05) is 0 Å². The molecule has 0 fully saturated rings. The molecule has 3 rings (SSSR count). The Kier molecular flexibility index (Phi) is 4.20. The number of hydrogen-bond donors (Lipinski definition) is 1. The van der Waals surface area contributed by atoms with Gasteiger partial charge < -0.3 is 5.32 Å². The van der Waals surface area contributed by atoms with Crippen LogP contribution in [-0.4, -0.2) is 35.5 Å². The molecule has 6 heteroatoms. The van der Waals surface area contributed by atoms with Crippen molar-refractivity contribution in [2.24, 2.45) is 0 Å². The number of benzene rings is 2. The summed E-state index contributed by atoms with van der Waals surface area (Å²) in [5, 5.41) is 2.47. The van der Waals surface area contributed by atoms with Crippen LogP contribution in [0.25, 0.3) is 0 Å². The van der Waals surface area contributed by atoms with E-state index < -0.39 is 0 Å². The van der Waals surface area contributed by atoms with E-state index in [0.29, 0.717) is 28.8 Å². The number of fused-ring (bicyclic) bond motifs is 1. The minimum Gasteiger partial charge on any atom is -0.328 e. The lowest BCUT2D eigenvalue weighted by atomic mass is 10.1. The fraction of sp³-hybridized carbons (Fsp3) is 0.111. The summed E-state index contributed by atoms with van der Waals surface area (Å²) in [5.74, 6) is -1.03. The molecular weight excluding hydrogens is 308 g/mol. The largest absolute Gasteiger partial charge is 0.328 e.